The Kier molecular flexibility index (Phi) is 2.68. The van der Waals surface area contributed by atoms with Gasteiger partial charge in [-0.3, -0.25) is 14.7 Å². The first-order valence-electron chi connectivity index (χ1n) is 5.08. The molecule has 0 saturated carbocycles. The molecule has 0 N–H and O–H groups in total. The molecule has 1 saturated heterocycles. The lowest BCUT2D eigenvalue weighted by Crippen LogP contribution is -2.48. The normalized spacial score (nSPS) is 18.3. The minimum Gasteiger partial charge on any atom is -0.308 e. The molecule has 4 heteroatoms. The van der Waals surface area contributed by atoms with Gasteiger partial charge in [0.05, 0.1) is 18.4 Å². The number of likely N-dealkylation sites (N-methyl/N-ethyl adjacent to an activating group) is 1. The van der Waals surface area contributed by atoms with Crippen LogP contribution >= 0.6 is 0 Å². The van der Waals surface area contributed by atoms with E-state index in [1.165, 1.54) is 0 Å². The molecule has 1 aromatic heterocycles. The first-order valence-corrected chi connectivity index (χ1v) is 5.08. The van der Waals surface area contributed by atoms with Gasteiger partial charge in [-0.15, -0.1) is 0 Å². The average Bonchev–Trinajstić information content (AvgIpc) is 2.20. The fourth-order valence-corrected chi connectivity index (χ4v) is 1.68. The second kappa shape index (κ2) is 3.98. The van der Waals surface area contributed by atoms with E-state index in [2.05, 4.69) is 4.98 Å². The van der Waals surface area contributed by atoms with Crippen LogP contribution in [0.4, 0.5) is 5.69 Å². The predicted molar refractivity (Wildman–Crippen MR) is 58.8 cm³/mol. The highest BCUT2D eigenvalue weighted by Gasteiger charge is 2.22. The van der Waals surface area contributed by atoms with Gasteiger partial charge in [0.1, 0.15) is 0 Å². The minimum atomic E-state index is 0.148. The first-order chi connectivity index (χ1) is 7.16. The molecule has 1 fully saturated rings. The van der Waals surface area contributed by atoms with Crippen LogP contribution in [0.25, 0.3) is 0 Å². The summed E-state index contributed by atoms with van der Waals surface area (Å²) in [6.07, 6.45) is 1.76. The third-order valence-corrected chi connectivity index (χ3v) is 2.62. The van der Waals surface area contributed by atoms with Crippen molar-refractivity contribution in [2.24, 2.45) is 0 Å². The number of aryl methyl sites for hydroxylation is 1. The van der Waals surface area contributed by atoms with E-state index in [0.29, 0.717) is 6.54 Å². The van der Waals surface area contributed by atoms with Gasteiger partial charge in [0, 0.05) is 18.8 Å². The smallest absolute Gasteiger partial charge is 0.241 e. The number of carbonyl (C=O) groups excluding carboxylic acids is 1. The zero-order valence-electron chi connectivity index (χ0n) is 9.10. The van der Waals surface area contributed by atoms with E-state index in [4.69, 9.17) is 0 Å². The van der Waals surface area contributed by atoms with Crippen LogP contribution < -0.4 is 4.90 Å². The molecule has 0 unspecified atom stereocenters. The van der Waals surface area contributed by atoms with Crippen LogP contribution in [0.5, 0.6) is 0 Å². The summed E-state index contributed by atoms with van der Waals surface area (Å²) in [6.45, 7) is 4.10. The highest BCUT2D eigenvalue weighted by atomic mass is 16.2. The quantitative estimate of drug-likeness (QED) is 0.676. The van der Waals surface area contributed by atoms with Crippen LogP contribution in [-0.2, 0) is 4.79 Å². The van der Waals surface area contributed by atoms with Crippen LogP contribution in [0.3, 0.4) is 0 Å². The van der Waals surface area contributed by atoms with Crippen molar-refractivity contribution >= 4 is 11.6 Å². The fourth-order valence-electron chi connectivity index (χ4n) is 1.68. The summed E-state index contributed by atoms with van der Waals surface area (Å²) in [5.74, 6) is 0.148. The molecular weight excluding hydrogens is 190 g/mol. The van der Waals surface area contributed by atoms with E-state index in [1.807, 2.05) is 31.0 Å². The summed E-state index contributed by atoms with van der Waals surface area (Å²) in [4.78, 5) is 19.8. The van der Waals surface area contributed by atoms with Gasteiger partial charge >= 0.3 is 0 Å². The van der Waals surface area contributed by atoms with Crippen molar-refractivity contribution in [3.05, 3.63) is 24.0 Å². The largest absolute Gasteiger partial charge is 0.308 e. The predicted octanol–water partition coefficient (Wildman–Crippen LogP) is 0.668. The summed E-state index contributed by atoms with van der Waals surface area (Å²) in [5, 5.41) is 0. The third kappa shape index (κ3) is 2.15. The Labute approximate surface area is 89.5 Å². The number of pyridine rings is 1. The number of hydrogen-bond donors (Lipinski definition) is 0. The maximum atomic E-state index is 11.7. The van der Waals surface area contributed by atoms with Gasteiger partial charge in [0.2, 0.25) is 5.91 Å². The lowest BCUT2D eigenvalue weighted by Gasteiger charge is -2.31. The van der Waals surface area contributed by atoms with Crippen molar-refractivity contribution in [3.63, 3.8) is 0 Å². The topological polar surface area (TPSA) is 36.4 Å². The highest BCUT2D eigenvalue weighted by molar-refractivity contribution is 5.95. The van der Waals surface area contributed by atoms with E-state index in [9.17, 15) is 4.79 Å². The number of piperazine rings is 1. The van der Waals surface area contributed by atoms with Gasteiger partial charge in [-0.05, 0) is 26.1 Å². The molecule has 0 aromatic carbocycles. The molecule has 1 amide bonds. The summed E-state index contributed by atoms with van der Waals surface area (Å²) in [7, 11) is 1.96. The first kappa shape index (κ1) is 10.1. The molecule has 2 rings (SSSR count). The Hall–Kier alpha value is -1.42. The Balaban J connectivity index is 2.17. The van der Waals surface area contributed by atoms with Crippen LogP contribution in [0.1, 0.15) is 5.69 Å². The number of nitrogens with zero attached hydrogens (tertiary/aromatic N) is 3. The maximum absolute atomic E-state index is 11.7. The van der Waals surface area contributed by atoms with Gasteiger partial charge in [0.15, 0.2) is 0 Å². The van der Waals surface area contributed by atoms with Crippen molar-refractivity contribution in [1.82, 2.24) is 9.88 Å². The fraction of sp³-hybridized carbons (Fsp3) is 0.455. The summed E-state index contributed by atoms with van der Waals surface area (Å²) in [6, 6.07) is 3.88. The van der Waals surface area contributed by atoms with Gasteiger partial charge in [-0.25, -0.2) is 0 Å². The Morgan fingerprint density at radius 2 is 2.13 bits per heavy atom. The van der Waals surface area contributed by atoms with Crippen molar-refractivity contribution in [2.75, 3.05) is 31.6 Å². The van der Waals surface area contributed by atoms with Crippen molar-refractivity contribution in [1.29, 1.82) is 0 Å². The van der Waals surface area contributed by atoms with Crippen LogP contribution in [0.15, 0.2) is 18.3 Å². The average molecular weight is 205 g/mol. The summed E-state index contributed by atoms with van der Waals surface area (Å²) >= 11 is 0. The van der Waals surface area contributed by atoms with Crippen molar-refractivity contribution in [2.45, 2.75) is 6.92 Å². The number of hydrogen-bond acceptors (Lipinski definition) is 3. The van der Waals surface area contributed by atoms with Gasteiger partial charge in [0.25, 0.3) is 0 Å². The maximum Gasteiger partial charge on any atom is 0.241 e. The van der Waals surface area contributed by atoms with E-state index >= 15 is 0 Å². The second-order valence-corrected chi connectivity index (χ2v) is 3.94. The lowest BCUT2D eigenvalue weighted by molar-refractivity contribution is -0.120. The Morgan fingerprint density at radius 1 is 1.33 bits per heavy atom. The summed E-state index contributed by atoms with van der Waals surface area (Å²) < 4.78 is 0. The molecular formula is C11H15N3O. The van der Waals surface area contributed by atoms with Crippen molar-refractivity contribution in [3.8, 4) is 0 Å². The van der Waals surface area contributed by atoms with Gasteiger partial charge in [-0.2, -0.15) is 0 Å². The van der Waals surface area contributed by atoms with Gasteiger partial charge in [-0.1, -0.05) is 0 Å². The molecule has 0 spiro atoms. The molecule has 2 heterocycles. The molecule has 0 aliphatic carbocycles. The zero-order chi connectivity index (χ0) is 10.8. The molecule has 4 nitrogen and oxygen atoms in total. The van der Waals surface area contributed by atoms with Gasteiger partial charge < -0.3 is 4.90 Å². The number of carbonyl (C=O) groups is 1. The van der Waals surface area contributed by atoms with Crippen LogP contribution in [0.2, 0.25) is 0 Å². The molecule has 15 heavy (non-hydrogen) atoms. The Bertz CT molecular complexity index is 361. The van der Waals surface area contributed by atoms with Crippen LogP contribution in [0, 0.1) is 6.92 Å². The lowest BCUT2D eigenvalue weighted by atomic mass is 10.2. The molecule has 0 atom stereocenters. The highest BCUT2D eigenvalue weighted by Crippen LogP contribution is 2.15. The monoisotopic (exact) mass is 205 g/mol. The minimum absolute atomic E-state index is 0.148. The number of amides is 1. The SMILES string of the molecule is Cc1ccc(N2CCN(C)CC2=O)cn1. The molecule has 1 aromatic rings. The molecule has 0 bridgehead atoms. The number of rotatable bonds is 1. The van der Waals surface area contributed by atoms with E-state index in [0.717, 1.165) is 24.5 Å². The number of anilines is 1. The standard InChI is InChI=1S/C11H15N3O/c1-9-3-4-10(7-12-9)14-6-5-13(2)8-11(14)15/h3-4,7H,5-6,8H2,1-2H3. The molecule has 0 radical (unpaired) electrons. The van der Waals surface area contributed by atoms with E-state index < -0.39 is 0 Å². The summed E-state index contributed by atoms with van der Waals surface area (Å²) in [5.41, 5.74) is 1.87. The number of aromatic nitrogens is 1. The molecule has 1 aliphatic heterocycles. The third-order valence-electron chi connectivity index (χ3n) is 2.62. The van der Waals surface area contributed by atoms with E-state index in [1.54, 1.807) is 11.1 Å². The molecule has 80 valence electrons. The zero-order valence-corrected chi connectivity index (χ0v) is 9.10. The Morgan fingerprint density at radius 3 is 2.73 bits per heavy atom. The van der Waals surface area contributed by atoms with Crippen LogP contribution in [-0.4, -0.2) is 42.5 Å². The second-order valence-electron chi connectivity index (χ2n) is 3.94. The van der Waals surface area contributed by atoms with E-state index in [-0.39, 0.29) is 5.91 Å². The van der Waals surface area contributed by atoms with Crippen molar-refractivity contribution < 1.29 is 4.79 Å². The molecule has 1 aliphatic rings.